The zero-order chi connectivity index (χ0) is 18.4. The van der Waals surface area contributed by atoms with Gasteiger partial charge in [0.05, 0.1) is 0 Å². The van der Waals surface area contributed by atoms with E-state index in [4.69, 9.17) is 4.42 Å². The van der Waals surface area contributed by atoms with E-state index in [1.165, 1.54) is 6.42 Å². The lowest BCUT2D eigenvalue weighted by Crippen LogP contribution is -2.42. The van der Waals surface area contributed by atoms with Crippen molar-refractivity contribution in [3.8, 4) is 0 Å². The normalized spacial score (nSPS) is 27.3. The van der Waals surface area contributed by atoms with Crippen LogP contribution in [0.25, 0.3) is 11.0 Å². The highest BCUT2D eigenvalue weighted by atomic mass is 32.2. The van der Waals surface area contributed by atoms with Crippen LogP contribution in [0.5, 0.6) is 0 Å². The summed E-state index contributed by atoms with van der Waals surface area (Å²) in [6.07, 6.45) is 3.36. The molecule has 0 unspecified atom stereocenters. The van der Waals surface area contributed by atoms with Gasteiger partial charge in [-0.2, -0.15) is 11.8 Å². The van der Waals surface area contributed by atoms with Gasteiger partial charge in [-0.15, -0.1) is 0 Å². The summed E-state index contributed by atoms with van der Waals surface area (Å²) >= 11 is 1.87. The number of rotatable bonds is 3. The van der Waals surface area contributed by atoms with Gasteiger partial charge >= 0.3 is 0 Å². The van der Waals surface area contributed by atoms with Crippen molar-refractivity contribution in [1.29, 1.82) is 0 Å². The minimum absolute atomic E-state index is 0.0571. The predicted molar refractivity (Wildman–Crippen MR) is 105 cm³/mol. The second-order valence-electron chi connectivity index (χ2n) is 7.63. The van der Waals surface area contributed by atoms with Crippen LogP contribution >= 0.6 is 11.8 Å². The lowest BCUT2D eigenvalue weighted by molar-refractivity contribution is 0.0742. The molecular weight excluding hydrogens is 362 g/mol. The average Bonchev–Trinajstić information content (AvgIpc) is 3.42. The molecule has 5 rings (SSSR count). The van der Waals surface area contributed by atoms with Crippen LogP contribution in [-0.4, -0.2) is 59.4 Å². The third-order valence-electron chi connectivity index (χ3n) is 5.90. The number of nitrogens with one attached hydrogen (secondary N) is 2. The Morgan fingerprint density at radius 1 is 1.19 bits per heavy atom. The molecule has 0 spiro atoms. The van der Waals surface area contributed by atoms with E-state index in [9.17, 15) is 9.59 Å². The lowest BCUT2D eigenvalue weighted by atomic mass is 9.95. The maximum atomic E-state index is 12.7. The first-order valence-electron chi connectivity index (χ1n) is 9.65. The first-order valence-corrected chi connectivity index (χ1v) is 10.8. The van der Waals surface area contributed by atoms with Crippen LogP contribution in [-0.2, 0) is 0 Å². The van der Waals surface area contributed by atoms with Gasteiger partial charge < -0.3 is 20.0 Å². The van der Waals surface area contributed by atoms with Gasteiger partial charge in [-0.1, -0.05) is 0 Å². The number of fused-ring (bicyclic) bond motifs is 3. The van der Waals surface area contributed by atoms with E-state index >= 15 is 0 Å². The van der Waals surface area contributed by atoms with Crippen LogP contribution in [0.4, 0.5) is 0 Å². The molecule has 27 heavy (non-hydrogen) atoms. The Morgan fingerprint density at radius 2 is 2.04 bits per heavy atom. The minimum Gasteiger partial charge on any atom is -0.451 e. The Labute approximate surface area is 162 Å². The second-order valence-corrected chi connectivity index (χ2v) is 8.86. The van der Waals surface area contributed by atoms with Crippen LogP contribution in [0.15, 0.2) is 28.7 Å². The molecule has 6 nitrogen and oxygen atoms in total. The molecule has 0 saturated carbocycles. The van der Waals surface area contributed by atoms with E-state index in [1.807, 2.05) is 22.7 Å². The fourth-order valence-corrected chi connectivity index (χ4v) is 5.35. The number of carbonyl (C=O) groups is 2. The fourth-order valence-electron chi connectivity index (χ4n) is 4.45. The SMILES string of the molecule is O=C(N[C@@H]1C[C@H]2CC[C@@H]1N2)c1ccc2oc(C(=O)N3CCSCC3)cc2c1. The van der Waals surface area contributed by atoms with E-state index in [1.54, 1.807) is 18.2 Å². The highest BCUT2D eigenvalue weighted by molar-refractivity contribution is 7.99. The largest absolute Gasteiger partial charge is 0.451 e. The van der Waals surface area contributed by atoms with E-state index in [0.717, 1.165) is 42.8 Å². The predicted octanol–water partition coefficient (Wildman–Crippen LogP) is 2.24. The molecule has 3 saturated heterocycles. The van der Waals surface area contributed by atoms with Crippen molar-refractivity contribution in [2.45, 2.75) is 37.4 Å². The van der Waals surface area contributed by atoms with E-state index in [0.29, 0.717) is 29.0 Å². The summed E-state index contributed by atoms with van der Waals surface area (Å²) in [5, 5.41) is 7.50. The molecule has 1 aromatic heterocycles. The van der Waals surface area contributed by atoms with Crippen LogP contribution in [0.1, 0.15) is 40.2 Å². The minimum atomic E-state index is -0.0643. The zero-order valence-corrected chi connectivity index (χ0v) is 15.9. The number of nitrogens with zero attached hydrogens (tertiary/aromatic N) is 1. The van der Waals surface area contributed by atoms with Gasteiger partial charge in [-0.05, 0) is 43.5 Å². The van der Waals surface area contributed by atoms with Gasteiger partial charge in [0.2, 0.25) is 0 Å². The number of hydrogen-bond acceptors (Lipinski definition) is 5. The molecule has 0 radical (unpaired) electrons. The molecule has 3 fully saturated rings. The number of carbonyl (C=O) groups excluding carboxylic acids is 2. The molecule has 7 heteroatoms. The van der Waals surface area contributed by atoms with Gasteiger partial charge in [0.25, 0.3) is 11.8 Å². The monoisotopic (exact) mass is 385 g/mol. The Balaban J connectivity index is 1.32. The van der Waals surface area contributed by atoms with Crippen LogP contribution < -0.4 is 10.6 Å². The molecule has 2 bridgehead atoms. The molecule has 3 atom stereocenters. The Morgan fingerprint density at radius 3 is 2.78 bits per heavy atom. The third kappa shape index (κ3) is 3.23. The van der Waals surface area contributed by atoms with Gasteiger partial charge in [-0.3, -0.25) is 9.59 Å². The Kier molecular flexibility index (Phi) is 4.36. The average molecular weight is 385 g/mol. The van der Waals surface area contributed by atoms with Crippen molar-refractivity contribution in [3.63, 3.8) is 0 Å². The van der Waals surface area contributed by atoms with E-state index < -0.39 is 0 Å². The van der Waals surface area contributed by atoms with Crippen molar-refractivity contribution >= 4 is 34.5 Å². The van der Waals surface area contributed by atoms with Crippen molar-refractivity contribution in [3.05, 3.63) is 35.6 Å². The van der Waals surface area contributed by atoms with Gasteiger partial charge in [0.15, 0.2) is 5.76 Å². The van der Waals surface area contributed by atoms with Crippen LogP contribution in [0.3, 0.4) is 0 Å². The summed E-state index contributed by atoms with van der Waals surface area (Å²) in [6.45, 7) is 1.51. The Bertz CT molecular complexity index is 890. The molecule has 0 aliphatic carbocycles. The fraction of sp³-hybridized carbons (Fsp3) is 0.500. The van der Waals surface area contributed by atoms with Crippen LogP contribution in [0, 0.1) is 0 Å². The zero-order valence-electron chi connectivity index (χ0n) is 15.1. The van der Waals surface area contributed by atoms with Gasteiger partial charge in [0, 0.05) is 53.7 Å². The summed E-state index contributed by atoms with van der Waals surface area (Å²) in [5.41, 5.74) is 1.25. The molecular formula is C20H23N3O3S. The molecule has 3 aliphatic rings. The molecule has 4 heterocycles. The van der Waals surface area contributed by atoms with Gasteiger partial charge in [-0.25, -0.2) is 0 Å². The molecule has 3 aliphatic heterocycles. The quantitative estimate of drug-likeness (QED) is 0.848. The number of hydrogen-bond donors (Lipinski definition) is 2. The van der Waals surface area contributed by atoms with E-state index in [2.05, 4.69) is 10.6 Å². The van der Waals surface area contributed by atoms with Crippen molar-refractivity contribution < 1.29 is 14.0 Å². The molecule has 1 aromatic carbocycles. The second kappa shape index (κ2) is 6.87. The third-order valence-corrected chi connectivity index (χ3v) is 6.85. The molecule has 2 aromatic rings. The first kappa shape index (κ1) is 17.1. The molecule has 2 amide bonds. The maximum absolute atomic E-state index is 12.7. The lowest BCUT2D eigenvalue weighted by Gasteiger charge is -2.25. The molecule has 142 valence electrons. The summed E-state index contributed by atoms with van der Waals surface area (Å²) in [7, 11) is 0. The van der Waals surface area contributed by atoms with Gasteiger partial charge in [0.1, 0.15) is 5.58 Å². The Hall–Kier alpha value is -1.99. The van der Waals surface area contributed by atoms with Crippen molar-refractivity contribution in [2.24, 2.45) is 0 Å². The van der Waals surface area contributed by atoms with Crippen molar-refractivity contribution in [1.82, 2.24) is 15.5 Å². The first-order chi connectivity index (χ1) is 13.2. The highest BCUT2D eigenvalue weighted by Crippen LogP contribution is 2.29. The maximum Gasteiger partial charge on any atom is 0.289 e. The highest BCUT2D eigenvalue weighted by Gasteiger charge is 2.39. The molecule has 2 N–H and O–H groups in total. The number of benzene rings is 1. The topological polar surface area (TPSA) is 74.6 Å². The summed E-state index contributed by atoms with van der Waals surface area (Å²) in [4.78, 5) is 27.1. The number of furan rings is 1. The summed E-state index contributed by atoms with van der Waals surface area (Å²) in [6, 6.07) is 8.31. The number of thioether (sulfide) groups is 1. The van der Waals surface area contributed by atoms with E-state index in [-0.39, 0.29) is 17.9 Å². The standard InChI is InChI=1S/C20H23N3O3S/c24-19(22-16-11-14-2-3-15(16)21-14)12-1-4-17-13(9-12)10-18(26-17)20(25)23-5-7-27-8-6-23/h1,4,9-10,14-16,21H,2-3,5-8,11H2,(H,22,24)/t14-,15+,16-/m1/s1. The summed E-state index contributed by atoms with van der Waals surface area (Å²) in [5.74, 6) is 2.16. The van der Waals surface area contributed by atoms with Crippen LogP contribution in [0.2, 0.25) is 0 Å². The number of amides is 2. The smallest absolute Gasteiger partial charge is 0.289 e. The summed E-state index contributed by atoms with van der Waals surface area (Å²) < 4.78 is 5.75. The van der Waals surface area contributed by atoms with Crippen molar-refractivity contribution in [2.75, 3.05) is 24.6 Å².